The molecule has 1 atom stereocenters. The summed E-state index contributed by atoms with van der Waals surface area (Å²) >= 11 is 5.09. The number of nitrogens with zero attached hydrogens (tertiary/aromatic N) is 1. The van der Waals surface area contributed by atoms with Crippen molar-refractivity contribution in [1.82, 2.24) is 9.97 Å². The number of allylic oxidation sites excluding steroid dienone is 1. The summed E-state index contributed by atoms with van der Waals surface area (Å²) in [6, 6.07) is 17.4. The molecular weight excluding hydrogens is 363 g/mol. The van der Waals surface area contributed by atoms with E-state index in [2.05, 4.69) is 21.4 Å². The molecule has 3 N–H and O–H groups in total. The average Bonchev–Trinajstić information content (AvgIpc) is 2.67. The van der Waals surface area contributed by atoms with Crippen molar-refractivity contribution < 1.29 is 4.39 Å². The Balaban J connectivity index is 2.04. The molecule has 0 saturated carbocycles. The van der Waals surface area contributed by atoms with Crippen LogP contribution in [0.15, 0.2) is 65.0 Å². The lowest BCUT2D eigenvalue weighted by molar-refractivity contribution is 0.626. The second-order valence-corrected chi connectivity index (χ2v) is 6.48. The van der Waals surface area contributed by atoms with Gasteiger partial charge in [0.2, 0.25) is 0 Å². The molecule has 0 fully saturated rings. The van der Waals surface area contributed by atoms with Gasteiger partial charge in [0.1, 0.15) is 11.6 Å². The van der Waals surface area contributed by atoms with Crippen molar-refractivity contribution in [2.24, 2.45) is 0 Å². The highest BCUT2D eigenvalue weighted by Crippen LogP contribution is 2.41. The van der Waals surface area contributed by atoms with Crippen LogP contribution in [0.5, 0.6) is 0 Å². The Bertz CT molecular complexity index is 1200. The number of rotatable bonds is 2. The fourth-order valence-corrected chi connectivity index (χ4v) is 3.49. The number of nitriles is 1. The van der Waals surface area contributed by atoms with E-state index >= 15 is 0 Å². The van der Waals surface area contributed by atoms with Gasteiger partial charge in [-0.05, 0) is 35.5 Å². The van der Waals surface area contributed by atoms with E-state index in [-0.39, 0.29) is 10.6 Å². The fraction of sp³-hybridized carbons (Fsp3) is 0.0500. The molecule has 132 valence electrons. The van der Waals surface area contributed by atoms with Crippen molar-refractivity contribution in [3.63, 3.8) is 0 Å². The first-order chi connectivity index (χ1) is 13.1. The minimum atomic E-state index is -0.655. The molecule has 3 aromatic rings. The second-order valence-electron chi connectivity index (χ2n) is 6.07. The largest absolute Gasteiger partial charge is 0.340 e. The lowest BCUT2D eigenvalue weighted by atomic mass is 9.81. The first-order valence-corrected chi connectivity index (χ1v) is 8.58. The van der Waals surface area contributed by atoms with Gasteiger partial charge in [0.05, 0.1) is 28.8 Å². The maximum atomic E-state index is 13.4. The van der Waals surface area contributed by atoms with Crippen LogP contribution >= 0.6 is 12.2 Å². The van der Waals surface area contributed by atoms with E-state index in [1.54, 1.807) is 12.1 Å². The summed E-state index contributed by atoms with van der Waals surface area (Å²) in [6.45, 7) is 0. The first kappa shape index (κ1) is 16.9. The summed E-state index contributed by atoms with van der Waals surface area (Å²) in [5, 5.41) is 13.1. The van der Waals surface area contributed by atoms with Gasteiger partial charge in [-0.2, -0.15) is 5.26 Å². The quantitative estimate of drug-likeness (QED) is 0.589. The van der Waals surface area contributed by atoms with Crippen LogP contribution in [-0.2, 0) is 0 Å². The van der Waals surface area contributed by atoms with E-state index < -0.39 is 11.5 Å². The molecule has 0 aliphatic carbocycles. The molecule has 1 aromatic heterocycles. The van der Waals surface area contributed by atoms with Crippen molar-refractivity contribution in [2.45, 2.75) is 5.92 Å². The number of halogens is 1. The van der Waals surface area contributed by atoms with E-state index in [9.17, 15) is 14.4 Å². The summed E-state index contributed by atoms with van der Waals surface area (Å²) < 4.78 is 13.6. The van der Waals surface area contributed by atoms with Gasteiger partial charge in [0.25, 0.3) is 5.56 Å². The molecule has 1 unspecified atom stereocenters. The molecular formula is C20H13FN4OS. The van der Waals surface area contributed by atoms with Gasteiger partial charge in [0.15, 0.2) is 4.77 Å². The number of hydrogen-bond donors (Lipinski definition) is 3. The molecule has 0 spiro atoms. The third-order valence-corrected chi connectivity index (χ3v) is 4.67. The topological polar surface area (TPSA) is 84.5 Å². The smallest absolute Gasteiger partial charge is 0.258 e. The molecule has 0 amide bonds. The minimum absolute atomic E-state index is 0.178. The molecule has 1 aliphatic heterocycles. The van der Waals surface area contributed by atoms with Gasteiger partial charge in [-0.15, -0.1) is 0 Å². The molecule has 0 radical (unpaired) electrons. The number of aromatic amines is 2. The van der Waals surface area contributed by atoms with E-state index in [1.807, 2.05) is 30.3 Å². The van der Waals surface area contributed by atoms with Crippen LogP contribution < -0.4 is 10.9 Å². The molecule has 5 nitrogen and oxygen atoms in total. The Morgan fingerprint density at radius 1 is 1.04 bits per heavy atom. The van der Waals surface area contributed by atoms with Crippen molar-refractivity contribution in [2.75, 3.05) is 5.32 Å². The summed E-state index contributed by atoms with van der Waals surface area (Å²) in [5.74, 6) is -0.617. The van der Waals surface area contributed by atoms with E-state index in [1.165, 1.54) is 12.1 Å². The maximum Gasteiger partial charge on any atom is 0.258 e. The molecule has 2 heterocycles. The Kier molecular flexibility index (Phi) is 4.18. The Morgan fingerprint density at radius 2 is 1.74 bits per heavy atom. The summed E-state index contributed by atoms with van der Waals surface area (Å²) in [5.41, 5.74) is 2.33. The standard InChI is InChI=1S/C20H13FN4OS/c21-13-8-6-11(7-9-13)15-14(10-22)17(12-4-2-1-3-5-12)23-18-16(15)19(26)25-20(27)24-18/h1-9,15H,(H3,23,24,25,26,27). The SMILES string of the molecule is N#CC1=C(c2ccccc2)Nc2[nH]c(=S)[nH]c(=O)c2C1c1ccc(F)cc1. The predicted octanol–water partition coefficient (Wildman–Crippen LogP) is 4.06. The number of H-pyrrole nitrogens is 2. The number of nitrogens with one attached hydrogen (secondary N) is 3. The highest BCUT2D eigenvalue weighted by atomic mass is 32.1. The highest BCUT2D eigenvalue weighted by molar-refractivity contribution is 7.71. The van der Waals surface area contributed by atoms with E-state index in [0.29, 0.717) is 28.2 Å². The highest BCUT2D eigenvalue weighted by Gasteiger charge is 2.33. The van der Waals surface area contributed by atoms with Crippen LogP contribution in [-0.4, -0.2) is 9.97 Å². The van der Waals surface area contributed by atoms with Gasteiger partial charge < -0.3 is 10.3 Å². The van der Waals surface area contributed by atoms with Crippen LogP contribution in [0.4, 0.5) is 10.2 Å². The number of aromatic nitrogens is 2. The van der Waals surface area contributed by atoms with Crippen LogP contribution in [0.25, 0.3) is 5.70 Å². The zero-order valence-corrected chi connectivity index (χ0v) is 14.7. The Labute approximate surface area is 158 Å². The Hall–Kier alpha value is -3.50. The minimum Gasteiger partial charge on any atom is -0.340 e. The van der Waals surface area contributed by atoms with E-state index in [0.717, 1.165) is 5.56 Å². The third-order valence-electron chi connectivity index (χ3n) is 4.46. The number of benzene rings is 2. The summed E-state index contributed by atoms with van der Waals surface area (Å²) in [6.07, 6.45) is 0. The van der Waals surface area contributed by atoms with Gasteiger partial charge in [-0.1, -0.05) is 42.5 Å². The predicted molar refractivity (Wildman–Crippen MR) is 103 cm³/mol. The van der Waals surface area contributed by atoms with Crippen molar-refractivity contribution >= 4 is 23.7 Å². The normalized spacial score (nSPS) is 15.6. The van der Waals surface area contributed by atoms with Crippen molar-refractivity contribution in [3.8, 4) is 6.07 Å². The average molecular weight is 376 g/mol. The molecule has 0 bridgehead atoms. The maximum absolute atomic E-state index is 13.4. The summed E-state index contributed by atoms with van der Waals surface area (Å²) in [7, 11) is 0. The number of fused-ring (bicyclic) bond motifs is 1. The van der Waals surface area contributed by atoms with Crippen LogP contribution in [0.3, 0.4) is 0 Å². The zero-order valence-electron chi connectivity index (χ0n) is 13.9. The van der Waals surface area contributed by atoms with Crippen LogP contribution in [0.2, 0.25) is 0 Å². The van der Waals surface area contributed by atoms with E-state index in [4.69, 9.17) is 12.2 Å². The lowest BCUT2D eigenvalue weighted by Gasteiger charge is -2.28. The van der Waals surface area contributed by atoms with Crippen LogP contribution in [0, 0.1) is 21.9 Å². The first-order valence-electron chi connectivity index (χ1n) is 8.17. The molecule has 0 saturated heterocycles. The monoisotopic (exact) mass is 376 g/mol. The molecule has 2 aromatic carbocycles. The van der Waals surface area contributed by atoms with Gasteiger partial charge in [0, 0.05) is 0 Å². The molecule has 1 aliphatic rings. The fourth-order valence-electron chi connectivity index (χ4n) is 3.29. The second kappa shape index (κ2) is 6.67. The number of hydrogen-bond acceptors (Lipinski definition) is 4. The number of anilines is 1. The molecule has 7 heteroatoms. The zero-order chi connectivity index (χ0) is 19.0. The summed E-state index contributed by atoms with van der Waals surface area (Å²) in [4.78, 5) is 18.2. The van der Waals surface area contributed by atoms with Crippen LogP contribution in [0.1, 0.15) is 22.6 Å². The van der Waals surface area contributed by atoms with Crippen molar-refractivity contribution in [3.05, 3.63) is 97.8 Å². The lowest BCUT2D eigenvalue weighted by Crippen LogP contribution is -2.27. The van der Waals surface area contributed by atoms with Gasteiger partial charge >= 0.3 is 0 Å². The van der Waals surface area contributed by atoms with Crippen molar-refractivity contribution in [1.29, 1.82) is 5.26 Å². The third kappa shape index (κ3) is 2.96. The Morgan fingerprint density at radius 3 is 2.41 bits per heavy atom. The van der Waals surface area contributed by atoms with Gasteiger partial charge in [-0.25, -0.2) is 4.39 Å². The molecule has 4 rings (SSSR count). The molecule has 27 heavy (non-hydrogen) atoms. The van der Waals surface area contributed by atoms with Gasteiger partial charge in [-0.3, -0.25) is 9.78 Å².